The molecule has 3 fully saturated rings. The van der Waals surface area contributed by atoms with E-state index in [-0.39, 0.29) is 29.0 Å². The van der Waals surface area contributed by atoms with Crippen LogP contribution in [0.15, 0.2) is 11.6 Å². The highest BCUT2D eigenvalue weighted by atomic mass is 16.2. The minimum atomic E-state index is -0.482. The van der Waals surface area contributed by atoms with Gasteiger partial charge in [-0.25, -0.2) is 0 Å². The molecule has 6 atom stereocenters. The minimum Gasteiger partial charge on any atom is -0.300 e. The van der Waals surface area contributed by atoms with Crippen LogP contribution < -0.4 is 0 Å². The van der Waals surface area contributed by atoms with Gasteiger partial charge in [0.25, 0.3) is 0 Å². The maximum absolute atomic E-state index is 13.3. The van der Waals surface area contributed by atoms with Gasteiger partial charge >= 0.3 is 0 Å². The molecule has 134 valence electrons. The summed E-state index contributed by atoms with van der Waals surface area (Å²) in [7, 11) is 0. The molecule has 0 heterocycles. The Bertz CT molecular complexity index is 705. The van der Waals surface area contributed by atoms with Crippen molar-refractivity contribution < 1.29 is 19.2 Å². The van der Waals surface area contributed by atoms with Gasteiger partial charge in [-0.3, -0.25) is 19.2 Å². The number of carbonyl (C=O) groups excluding carboxylic acids is 4. The first kappa shape index (κ1) is 16.9. The fourth-order valence-electron chi connectivity index (χ4n) is 6.88. The summed E-state index contributed by atoms with van der Waals surface area (Å²) in [6.07, 6.45) is 7.46. The molecule has 4 aliphatic carbocycles. The SMILES string of the molecule is C[C@]12CCC(=O)CC1CC[C@@H]1[C@@H]2C(=O)C[C@]2(C)C(C(=O)C=O)=CC[C@@H]12. The average Bonchev–Trinajstić information content (AvgIpc) is 2.91. The van der Waals surface area contributed by atoms with Crippen molar-refractivity contribution >= 4 is 23.6 Å². The number of aldehydes is 1. The number of hydrogen-bond acceptors (Lipinski definition) is 4. The molecule has 4 nitrogen and oxygen atoms in total. The van der Waals surface area contributed by atoms with Crippen molar-refractivity contribution in [3.05, 3.63) is 11.6 Å². The maximum atomic E-state index is 13.3. The molecule has 0 aromatic rings. The Hall–Kier alpha value is -1.58. The van der Waals surface area contributed by atoms with Crippen molar-refractivity contribution in [1.82, 2.24) is 0 Å². The van der Waals surface area contributed by atoms with Crippen LogP contribution in [0.4, 0.5) is 0 Å². The van der Waals surface area contributed by atoms with Crippen molar-refractivity contribution in [3.8, 4) is 0 Å². The molecule has 0 N–H and O–H groups in total. The second kappa shape index (κ2) is 5.46. The van der Waals surface area contributed by atoms with E-state index in [0.29, 0.717) is 42.8 Å². The largest absolute Gasteiger partial charge is 0.300 e. The fourth-order valence-corrected chi connectivity index (χ4v) is 6.88. The van der Waals surface area contributed by atoms with Gasteiger partial charge in [0.2, 0.25) is 5.78 Å². The number of ketones is 3. The third-order valence-electron chi connectivity index (χ3n) is 8.12. The summed E-state index contributed by atoms with van der Waals surface area (Å²) in [6.45, 7) is 4.23. The first-order valence-corrected chi connectivity index (χ1v) is 9.56. The summed E-state index contributed by atoms with van der Waals surface area (Å²) < 4.78 is 0. The molecule has 4 rings (SSSR count). The number of Topliss-reactive ketones (excluding diaryl/α,β-unsaturated/α-hetero) is 3. The molecule has 1 unspecified atom stereocenters. The molecule has 4 heteroatoms. The van der Waals surface area contributed by atoms with E-state index in [1.807, 2.05) is 13.0 Å². The molecule has 0 aromatic carbocycles. The smallest absolute Gasteiger partial charge is 0.221 e. The number of fused-ring (bicyclic) bond motifs is 5. The Labute approximate surface area is 148 Å². The van der Waals surface area contributed by atoms with Crippen LogP contribution in [0.1, 0.15) is 58.8 Å². The van der Waals surface area contributed by atoms with Gasteiger partial charge in [-0.1, -0.05) is 19.9 Å². The van der Waals surface area contributed by atoms with Crippen LogP contribution in [0.25, 0.3) is 0 Å². The molecule has 4 aliphatic rings. The third-order valence-corrected chi connectivity index (χ3v) is 8.12. The number of hydrogen-bond donors (Lipinski definition) is 0. The second-order valence-electron chi connectivity index (χ2n) is 9.17. The monoisotopic (exact) mass is 342 g/mol. The summed E-state index contributed by atoms with van der Waals surface area (Å²) >= 11 is 0. The molecular weight excluding hydrogens is 316 g/mol. The van der Waals surface area contributed by atoms with Gasteiger partial charge < -0.3 is 0 Å². The van der Waals surface area contributed by atoms with Gasteiger partial charge in [0, 0.05) is 36.2 Å². The standard InChI is InChI=1S/C21H26O4/c1-20-8-7-13(23)9-12(20)3-4-14-15-5-6-16(18(25)11-22)21(15,2)10-17(24)19(14)20/h6,11-12,14-15,19H,3-5,7-10H2,1-2H3/t12?,14-,15-,19+,20-,21-/m0/s1. The third kappa shape index (κ3) is 2.18. The first-order chi connectivity index (χ1) is 11.8. The Morgan fingerprint density at radius 3 is 2.72 bits per heavy atom. The molecule has 0 saturated heterocycles. The number of carbonyl (C=O) groups is 4. The van der Waals surface area contributed by atoms with Crippen LogP contribution in [0, 0.1) is 34.5 Å². The van der Waals surface area contributed by atoms with Crippen LogP contribution in [0.5, 0.6) is 0 Å². The summed E-state index contributed by atoms with van der Waals surface area (Å²) in [5.74, 6) is 1.01. The molecule has 0 radical (unpaired) electrons. The lowest BCUT2D eigenvalue weighted by molar-refractivity contribution is -0.157. The van der Waals surface area contributed by atoms with E-state index in [0.717, 1.165) is 25.7 Å². The zero-order valence-electron chi connectivity index (χ0n) is 15.0. The lowest BCUT2D eigenvalue weighted by Gasteiger charge is -2.58. The van der Waals surface area contributed by atoms with Crippen molar-refractivity contribution in [2.45, 2.75) is 58.8 Å². The van der Waals surface area contributed by atoms with E-state index in [2.05, 4.69) is 6.92 Å². The van der Waals surface area contributed by atoms with Gasteiger partial charge in [-0.2, -0.15) is 0 Å². The Morgan fingerprint density at radius 2 is 2.00 bits per heavy atom. The summed E-state index contributed by atoms with van der Waals surface area (Å²) in [5, 5.41) is 0. The molecule has 0 spiro atoms. The number of allylic oxidation sites excluding steroid dienone is 2. The van der Waals surface area contributed by atoms with E-state index in [1.165, 1.54) is 0 Å². The van der Waals surface area contributed by atoms with Gasteiger partial charge in [-0.15, -0.1) is 0 Å². The van der Waals surface area contributed by atoms with Crippen molar-refractivity contribution in [2.24, 2.45) is 34.5 Å². The van der Waals surface area contributed by atoms with E-state index >= 15 is 0 Å². The molecule has 0 aromatic heterocycles. The van der Waals surface area contributed by atoms with Gasteiger partial charge in [0.05, 0.1) is 0 Å². The molecule has 3 saturated carbocycles. The van der Waals surface area contributed by atoms with Gasteiger partial charge in [0.1, 0.15) is 11.6 Å². The summed E-state index contributed by atoms with van der Waals surface area (Å²) in [6, 6.07) is 0. The summed E-state index contributed by atoms with van der Waals surface area (Å²) in [5.41, 5.74) is 0.00161. The molecule has 0 aliphatic heterocycles. The zero-order chi connectivity index (χ0) is 18.0. The molecule has 0 bridgehead atoms. The highest BCUT2D eigenvalue weighted by molar-refractivity contribution is 6.33. The van der Waals surface area contributed by atoms with Crippen LogP contribution in [-0.4, -0.2) is 23.6 Å². The maximum Gasteiger partial charge on any atom is 0.221 e. The van der Waals surface area contributed by atoms with E-state index in [4.69, 9.17) is 0 Å². The normalized spacial score (nSPS) is 45.9. The van der Waals surface area contributed by atoms with Crippen molar-refractivity contribution in [2.75, 3.05) is 0 Å². The quantitative estimate of drug-likeness (QED) is 0.571. The van der Waals surface area contributed by atoms with Crippen LogP contribution in [0.2, 0.25) is 0 Å². The van der Waals surface area contributed by atoms with Gasteiger partial charge in [-0.05, 0) is 48.9 Å². The van der Waals surface area contributed by atoms with Crippen molar-refractivity contribution in [3.63, 3.8) is 0 Å². The summed E-state index contributed by atoms with van der Waals surface area (Å²) in [4.78, 5) is 48.3. The topological polar surface area (TPSA) is 68.3 Å². The fraction of sp³-hybridized carbons (Fsp3) is 0.714. The van der Waals surface area contributed by atoms with Crippen LogP contribution in [0.3, 0.4) is 0 Å². The molecule has 25 heavy (non-hydrogen) atoms. The zero-order valence-corrected chi connectivity index (χ0v) is 15.0. The van der Waals surface area contributed by atoms with Crippen molar-refractivity contribution in [1.29, 1.82) is 0 Å². The van der Waals surface area contributed by atoms with Crippen LogP contribution >= 0.6 is 0 Å². The minimum absolute atomic E-state index is 0.0107. The lowest BCUT2D eigenvalue weighted by Crippen LogP contribution is -2.57. The highest BCUT2D eigenvalue weighted by Crippen LogP contribution is 2.64. The van der Waals surface area contributed by atoms with Crippen LogP contribution in [-0.2, 0) is 19.2 Å². The van der Waals surface area contributed by atoms with E-state index in [9.17, 15) is 19.2 Å². The first-order valence-electron chi connectivity index (χ1n) is 9.56. The molecule has 0 amide bonds. The van der Waals surface area contributed by atoms with Gasteiger partial charge in [0.15, 0.2) is 6.29 Å². The Kier molecular flexibility index (Phi) is 3.68. The Balaban J connectivity index is 1.69. The Morgan fingerprint density at radius 1 is 1.24 bits per heavy atom. The molecular formula is C21H26O4. The predicted octanol–water partition coefficient (Wildman–Crippen LogP) is 3.08. The van der Waals surface area contributed by atoms with E-state index < -0.39 is 11.2 Å². The lowest BCUT2D eigenvalue weighted by atomic mass is 9.44. The number of rotatable bonds is 2. The predicted molar refractivity (Wildman–Crippen MR) is 91.7 cm³/mol. The average molecular weight is 342 g/mol. The van der Waals surface area contributed by atoms with E-state index in [1.54, 1.807) is 0 Å². The second-order valence-corrected chi connectivity index (χ2v) is 9.17. The highest BCUT2D eigenvalue weighted by Gasteiger charge is 2.62.